The second kappa shape index (κ2) is 8.25. The summed E-state index contributed by atoms with van der Waals surface area (Å²) in [5.74, 6) is -1.12. The first kappa shape index (κ1) is 20.9. The Hall–Kier alpha value is -1.86. The third-order valence-corrected chi connectivity index (χ3v) is 5.26. The van der Waals surface area contributed by atoms with Gasteiger partial charge >= 0.3 is 6.18 Å². The highest BCUT2D eigenvalue weighted by molar-refractivity contribution is 6.31. The molecule has 1 N–H and O–H groups in total. The molecule has 152 valence electrons. The molecule has 8 heteroatoms. The van der Waals surface area contributed by atoms with E-state index in [-0.39, 0.29) is 6.04 Å². The van der Waals surface area contributed by atoms with Gasteiger partial charge in [-0.2, -0.15) is 13.2 Å². The summed E-state index contributed by atoms with van der Waals surface area (Å²) < 4.78 is 41.3. The fourth-order valence-electron chi connectivity index (χ4n) is 3.76. The highest BCUT2D eigenvalue weighted by Crippen LogP contribution is 2.37. The summed E-state index contributed by atoms with van der Waals surface area (Å²) in [6, 6.07) is 5.90. The van der Waals surface area contributed by atoms with E-state index in [1.165, 1.54) is 6.20 Å². The zero-order valence-electron chi connectivity index (χ0n) is 16.1. The summed E-state index contributed by atoms with van der Waals surface area (Å²) in [4.78, 5) is 7.42. The highest BCUT2D eigenvalue weighted by atomic mass is 35.5. The van der Waals surface area contributed by atoms with Crippen LogP contribution in [0.4, 0.5) is 13.2 Å². The minimum absolute atomic E-state index is 0.175. The van der Waals surface area contributed by atoms with E-state index in [1.54, 1.807) is 12.1 Å². The number of nitrogens with one attached hydrogen (secondary N) is 1. The van der Waals surface area contributed by atoms with Crippen molar-refractivity contribution < 1.29 is 13.2 Å². The molecule has 3 heterocycles. The highest BCUT2D eigenvalue weighted by Gasteiger charge is 2.35. The van der Waals surface area contributed by atoms with Crippen molar-refractivity contribution in [1.82, 2.24) is 19.9 Å². The lowest BCUT2D eigenvalue weighted by Gasteiger charge is -2.19. The Morgan fingerprint density at radius 3 is 2.61 bits per heavy atom. The lowest BCUT2D eigenvalue weighted by Crippen LogP contribution is -2.24. The van der Waals surface area contributed by atoms with Crippen molar-refractivity contribution in [1.29, 1.82) is 0 Å². The molecule has 4 rings (SSSR count). The van der Waals surface area contributed by atoms with Crippen molar-refractivity contribution in [3.63, 3.8) is 0 Å². The van der Waals surface area contributed by atoms with Crippen LogP contribution in [-0.2, 0) is 6.18 Å². The van der Waals surface area contributed by atoms with Crippen LogP contribution in [-0.4, -0.2) is 27.1 Å². The van der Waals surface area contributed by atoms with Crippen LogP contribution in [0.1, 0.15) is 51.9 Å². The Morgan fingerprint density at radius 2 is 1.89 bits per heavy atom. The molecule has 28 heavy (non-hydrogen) atoms. The monoisotopic (exact) mass is 412 g/mol. The van der Waals surface area contributed by atoms with E-state index in [4.69, 9.17) is 11.6 Å². The summed E-state index contributed by atoms with van der Waals surface area (Å²) in [7, 11) is 0. The zero-order chi connectivity index (χ0) is 20.5. The molecule has 2 unspecified atom stereocenters. The number of alkyl halides is 3. The number of halogens is 4. The Labute approximate surface area is 167 Å². The molecule has 2 aromatic heterocycles. The molecule has 0 saturated carbocycles. The van der Waals surface area contributed by atoms with Gasteiger partial charge in [-0.05, 0) is 50.9 Å². The zero-order valence-corrected chi connectivity index (χ0v) is 16.9. The number of aromatic nitrogens is 3. The normalized spacial score (nSPS) is 20.7. The van der Waals surface area contributed by atoms with Crippen molar-refractivity contribution in [2.45, 2.75) is 58.3 Å². The maximum atomic E-state index is 13.1. The van der Waals surface area contributed by atoms with E-state index >= 15 is 0 Å². The largest absolute Gasteiger partial charge is 0.451 e. The van der Waals surface area contributed by atoms with Gasteiger partial charge in [0.15, 0.2) is 0 Å². The molecule has 0 spiro atoms. The van der Waals surface area contributed by atoms with Crippen molar-refractivity contribution in [2.24, 2.45) is 0 Å². The van der Waals surface area contributed by atoms with Gasteiger partial charge in [-0.25, -0.2) is 9.97 Å². The van der Waals surface area contributed by atoms with Crippen LogP contribution in [0.15, 0.2) is 24.4 Å². The van der Waals surface area contributed by atoms with Crippen LogP contribution in [0.25, 0.3) is 21.9 Å². The van der Waals surface area contributed by atoms with Crippen LogP contribution in [0, 0.1) is 0 Å². The lowest BCUT2D eigenvalue weighted by atomic mass is 10.1. The number of hydrogen-bond acceptors (Lipinski definition) is 3. The number of benzene rings is 1. The first-order chi connectivity index (χ1) is 13.3. The van der Waals surface area contributed by atoms with Crippen LogP contribution >= 0.6 is 11.6 Å². The Morgan fingerprint density at radius 1 is 1.14 bits per heavy atom. The van der Waals surface area contributed by atoms with E-state index in [2.05, 4.69) is 26.8 Å². The number of hydrogen-bond donors (Lipinski definition) is 1. The SMILES string of the molecule is CC.CC1CCC(n2c3ccc(Cl)cc3c3nc(C(F)(F)F)ncc32)CCN1. The minimum atomic E-state index is -4.58. The molecule has 1 aliphatic rings. The quantitative estimate of drug-likeness (QED) is 0.534. The summed E-state index contributed by atoms with van der Waals surface area (Å²) in [5, 5.41) is 4.56. The maximum Gasteiger partial charge on any atom is 0.451 e. The second-order valence-corrected chi connectivity index (χ2v) is 7.27. The molecule has 0 radical (unpaired) electrons. The van der Waals surface area contributed by atoms with Crippen LogP contribution < -0.4 is 5.32 Å². The Kier molecular flexibility index (Phi) is 6.15. The van der Waals surface area contributed by atoms with Crippen molar-refractivity contribution in [2.75, 3.05) is 6.54 Å². The van der Waals surface area contributed by atoms with E-state index in [0.717, 1.165) is 31.3 Å². The molecule has 0 amide bonds. The molecule has 0 aliphatic carbocycles. The van der Waals surface area contributed by atoms with Gasteiger partial charge in [0.05, 0.1) is 17.2 Å². The van der Waals surface area contributed by atoms with E-state index in [1.807, 2.05) is 19.9 Å². The van der Waals surface area contributed by atoms with Crippen LogP contribution in [0.2, 0.25) is 5.02 Å². The standard InChI is InChI=1S/C18H18ClF3N4.C2H6/c1-10-2-4-12(6-7-23-10)26-14-5-3-11(19)8-13(14)16-15(26)9-24-17(25-16)18(20,21)22;1-2/h3,5,8-10,12,23H,2,4,6-7H2,1H3;1-2H3. The Bertz CT molecular complexity index is 967. The van der Waals surface area contributed by atoms with Gasteiger partial charge < -0.3 is 9.88 Å². The van der Waals surface area contributed by atoms with Gasteiger partial charge in [0.2, 0.25) is 5.82 Å². The van der Waals surface area contributed by atoms with Gasteiger partial charge in [0, 0.05) is 22.5 Å². The lowest BCUT2D eigenvalue weighted by molar-refractivity contribution is -0.144. The molecular formula is C20H24ClF3N4. The van der Waals surface area contributed by atoms with Crippen molar-refractivity contribution >= 4 is 33.5 Å². The van der Waals surface area contributed by atoms with Crippen molar-refractivity contribution in [3.05, 3.63) is 35.2 Å². The minimum Gasteiger partial charge on any atom is -0.335 e. The molecular weight excluding hydrogens is 389 g/mol. The summed E-state index contributed by atoms with van der Waals surface area (Å²) in [5.41, 5.74) is 1.77. The molecule has 1 aliphatic heterocycles. The molecule has 1 fully saturated rings. The van der Waals surface area contributed by atoms with Gasteiger partial charge in [0.25, 0.3) is 0 Å². The average molecular weight is 413 g/mol. The fourth-order valence-corrected chi connectivity index (χ4v) is 3.93. The third kappa shape index (κ3) is 3.96. The third-order valence-electron chi connectivity index (χ3n) is 5.02. The van der Waals surface area contributed by atoms with E-state index in [9.17, 15) is 13.2 Å². The fraction of sp³-hybridized carbons (Fsp3) is 0.500. The molecule has 4 nitrogen and oxygen atoms in total. The van der Waals surface area contributed by atoms with E-state index in [0.29, 0.717) is 27.5 Å². The number of fused-ring (bicyclic) bond motifs is 3. The molecule has 0 bridgehead atoms. The topological polar surface area (TPSA) is 42.7 Å². The second-order valence-electron chi connectivity index (χ2n) is 6.83. The summed E-state index contributed by atoms with van der Waals surface area (Å²) >= 11 is 6.10. The Balaban J connectivity index is 0.00000109. The van der Waals surface area contributed by atoms with Gasteiger partial charge in [0.1, 0.15) is 5.52 Å². The summed E-state index contributed by atoms with van der Waals surface area (Å²) in [6.07, 6.45) is -0.450. The first-order valence-electron chi connectivity index (χ1n) is 9.61. The van der Waals surface area contributed by atoms with Crippen molar-refractivity contribution in [3.8, 4) is 0 Å². The maximum absolute atomic E-state index is 13.1. The van der Waals surface area contributed by atoms with Crippen LogP contribution in [0.5, 0.6) is 0 Å². The predicted octanol–water partition coefficient (Wildman–Crippen LogP) is 5.99. The average Bonchev–Trinajstić information content (AvgIpc) is 2.82. The summed E-state index contributed by atoms with van der Waals surface area (Å²) in [6.45, 7) is 7.01. The first-order valence-corrected chi connectivity index (χ1v) is 9.99. The number of nitrogens with zero attached hydrogens (tertiary/aromatic N) is 3. The molecule has 1 saturated heterocycles. The number of rotatable bonds is 1. The smallest absolute Gasteiger partial charge is 0.335 e. The van der Waals surface area contributed by atoms with Gasteiger partial charge in [-0.15, -0.1) is 0 Å². The molecule has 1 aromatic carbocycles. The van der Waals surface area contributed by atoms with Gasteiger partial charge in [-0.3, -0.25) is 0 Å². The van der Waals surface area contributed by atoms with Crippen LogP contribution in [0.3, 0.4) is 0 Å². The van der Waals surface area contributed by atoms with E-state index < -0.39 is 12.0 Å². The predicted molar refractivity (Wildman–Crippen MR) is 107 cm³/mol. The molecule has 3 aromatic rings. The molecule has 2 atom stereocenters. The van der Waals surface area contributed by atoms with Gasteiger partial charge in [-0.1, -0.05) is 25.4 Å².